The van der Waals surface area contributed by atoms with Crippen LogP contribution in [0.4, 0.5) is 15.8 Å². The van der Waals surface area contributed by atoms with Crippen molar-refractivity contribution in [2.24, 2.45) is 5.92 Å². The fourth-order valence-electron chi connectivity index (χ4n) is 2.40. The molecule has 0 spiro atoms. The van der Waals surface area contributed by atoms with Crippen molar-refractivity contribution in [3.05, 3.63) is 21.5 Å². The van der Waals surface area contributed by atoms with E-state index in [-0.39, 0.29) is 12.4 Å². The zero-order valence-electron chi connectivity index (χ0n) is 10.1. The number of anilines is 2. The Morgan fingerprint density at radius 3 is 2.61 bits per heavy atom. The SMILES string of the molecule is Nc1cc(I)c(F)cc1NC1CCC(CO)CC1. The van der Waals surface area contributed by atoms with Crippen LogP contribution in [0.25, 0.3) is 0 Å². The smallest absolute Gasteiger partial charge is 0.138 e. The second-order valence-corrected chi connectivity index (χ2v) is 6.06. The van der Waals surface area contributed by atoms with E-state index in [0.29, 0.717) is 26.9 Å². The van der Waals surface area contributed by atoms with Gasteiger partial charge in [0.15, 0.2) is 0 Å². The first-order valence-electron chi connectivity index (χ1n) is 6.22. The maximum atomic E-state index is 13.5. The fourth-order valence-corrected chi connectivity index (χ4v) is 2.89. The topological polar surface area (TPSA) is 58.3 Å². The number of rotatable bonds is 3. The number of aliphatic hydroxyl groups is 1. The molecule has 0 saturated heterocycles. The maximum absolute atomic E-state index is 13.5. The van der Waals surface area contributed by atoms with Crippen LogP contribution in [0.15, 0.2) is 12.1 Å². The molecule has 0 unspecified atom stereocenters. The Bertz CT molecular complexity index is 420. The highest BCUT2D eigenvalue weighted by Crippen LogP contribution is 2.29. The van der Waals surface area contributed by atoms with Gasteiger partial charge < -0.3 is 16.2 Å². The minimum atomic E-state index is -0.239. The Hall–Kier alpha value is -0.560. The zero-order valence-corrected chi connectivity index (χ0v) is 12.3. The molecule has 1 aliphatic carbocycles. The Labute approximate surface area is 120 Å². The van der Waals surface area contributed by atoms with Gasteiger partial charge in [0.1, 0.15) is 5.82 Å². The number of halogens is 2. The largest absolute Gasteiger partial charge is 0.397 e. The summed E-state index contributed by atoms with van der Waals surface area (Å²) in [7, 11) is 0. The van der Waals surface area contributed by atoms with Crippen LogP contribution in [0.1, 0.15) is 25.7 Å². The molecule has 5 heteroatoms. The maximum Gasteiger partial charge on any atom is 0.138 e. The van der Waals surface area contributed by atoms with E-state index in [2.05, 4.69) is 5.32 Å². The van der Waals surface area contributed by atoms with Gasteiger partial charge in [0, 0.05) is 18.7 Å². The molecular weight excluding hydrogens is 346 g/mol. The number of benzene rings is 1. The van der Waals surface area contributed by atoms with Crippen LogP contribution in [0.2, 0.25) is 0 Å². The highest BCUT2D eigenvalue weighted by molar-refractivity contribution is 14.1. The van der Waals surface area contributed by atoms with Crippen molar-refractivity contribution in [1.29, 1.82) is 0 Å². The van der Waals surface area contributed by atoms with Gasteiger partial charge in [-0.2, -0.15) is 0 Å². The highest BCUT2D eigenvalue weighted by atomic mass is 127. The van der Waals surface area contributed by atoms with Gasteiger partial charge in [0.25, 0.3) is 0 Å². The van der Waals surface area contributed by atoms with E-state index in [9.17, 15) is 4.39 Å². The molecule has 2 rings (SSSR count). The van der Waals surface area contributed by atoms with Gasteiger partial charge in [0.05, 0.1) is 14.9 Å². The number of hydrogen-bond donors (Lipinski definition) is 3. The lowest BCUT2D eigenvalue weighted by Gasteiger charge is -2.29. The Morgan fingerprint density at radius 2 is 2.00 bits per heavy atom. The minimum Gasteiger partial charge on any atom is -0.397 e. The van der Waals surface area contributed by atoms with Crippen LogP contribution in [0, 0.1) is 15.3 Å². The summed E-state index contributed by atoms with van der Waals surface area (Å²) in [5.41, 5.74) is 7.16. The summed E-state index contributed by atoms with van der Waals surface area (Å²) in [6, 6.07) is 3.45. The fraction of sp³-hybridized carbons (Fsp3) is 0.538. The molecule has 4 N–H and O–H groups in total. The second kappa shape index (κ2) is 6.06. The van der Waals surface area contributed by atoms with E-state index in [1.807, 2.05) is 22.6 Å². The molecule has 0 aliphatic heterocycles. The first-order chi connectivity index (χ1) is 8.60. The summed E-state index contributed by atoms with van der Waals surface area (Å²) in [6.07, 6.45) is 4.03. The lowest BCUT2D eigenvalue weighted by atomic mass is 9.86. The van der Waals surface area contributed by atoms with Crippen molar-refractivity contribution in [2.45, 2.75) is 31.7 Å². The highest BCUT2D eigenvalue weighted by Gasteiger charge is 2.21. The summed E-state index contributed by atoms with van der Waals surface area (Å²) in [6.45, 7) is 0.271. The first-order valence-corrected chi connectivity index (χ1v) is 7.30. The Kier molecular flexibility index (Phi) is 4.66. The molecule has 3 nitrogen and oxygen atoms in total. The van der Waals surface area contributed by atoms with Gasteiger partial charge in [-0.05, 0) is 60.3 Å². The molecule has 0 radical (unpaired) electrons. The third-order valence-electron chi connectivity index (χ3n) is 3.56. The summed E-state index contributed by atoms with van der Waals surface area (Å²) < 4.78 is 14.0. The van der Waals surface area contributed by atoms with Gasteiger partial charge in [0.2, 0.25) is 0 Å². The van der Waals surface area contributed by atoms with Crippen molar-refractivity contribution in [3.63, 3.8) is 0 Å². The molecule has 0 heterocycles. The molecule has 18 heavy (non-hydrogen) atoms. The van der Waals surface area contributed by atoms with Crippen LogP contribution in [-0.2, 0) is 0 Å². The summed E-state index contributed by atoms with van der Waals surface area (Å²) in [5, 5.41) is 12.4. The van der Waals surface area contributed by atoms with Crippen LogP contribution >= 0.6 is 22.6 Å². The molecular formula is C13H18FIN2O. The second-order valence-electron chi connectivity index (χ2n) is 4.90. The Morgan fingerprint density at radius 1 is 1.33 bits per heavy atom. The monoisotopic (exact) mass is 364 g/mol. The number of nitrogen functional groups attached to an aromatic ring is 1. The lowest BCUT2D eigenvalue weighted by Crippen LogP contribution is -2.27. The van der Waals surface area contributed by atoms with Crippen LogP contribution in [-0.4, -0.2) is 17.8 Å². The molecule has 1 aromatic carbocycles. The first kappa shape index (κ1) is 13.9. The molecule has 1 saturated carbocycles. The van der Waals surface area contributed by atoms with Crippen molar-refractivity contribution < 1.29 is 9.50 Å². The number of hydrogen-bond acceptors (Lipinski definition) is 3. The zero-order chi connectivity index (χ0) is 13.1. The van der Waals surface area contributed by atoms with Gasteiger partial charge in [-0.25, -0.2) is 4.39 Å². The third kappa shape index (κ3) is 3.26. The molecule has 0 atom stereocenters. The molecule has 0 bridgehead atoms. The predicted molar refractivity (Wildman–Crippen MR) is 80.0 cm³/mol. The van der Waals surface area contributed by atoms with Gasteiger partial charge in [-0.1, -0.05) is 0 Å². The average molecular weight is 364 g/mol. The number of nitrogens with one attached hydrogen (secondary N) is 1. The predicted octanol–water partition coefficient (Wildman–Crippen LogP) is 2.98. The molecule has 0 aromatic heterocycles. The number of aliphatic hydroxyl groups excluding tert-OH is 1. The molecule has 1 fully saturated rings. The van der Waals surface area contributed by atoms with Crippen LogP contribution < -0.4 is 11.1 Å². The summed E-state index contributed by atoms with van der Waals surface area (Å²) in [4.78, 5) is 0. The van der Waals surface area contributed by atoms with E-state index in [4.69, 9.17) is 10.8 Å². The molecule has 0 amide bonds. The standard InChI is InChI=1S/C13H18FIN2O/c14-10-5-13(12(16)6-11(10)15)17-9-3-1-8(7-18)2-4-9/h5-6,8-9,17-18H,1-4,7,16H2. The summed E-state index contributed by atoms with van der Waals surface area (Å²) >= 11 is 1.93. The molecule has 1 aliphatic rings. The van der Waals surface area contributed by atoms with Gasteiger partial charge in [-0.15, -0.1) is 0 Å². The van der Waals surface area contributed by atoms with Crippen molar-refractivity contribution >= 4 is 34.0 Å². The average Bonchev–Trinajstić information content (AvgIpc) is 2.37. The number of nitrogens with two attached hydrogens (primary N) is 1. The van der Waals surface area contributed by atoms with Gasteiger partial charge in [-0.3, -0.25) is 0 Å². The minimum absolute atomic E-state index is 0.239. The van der Waals surface area contributed by atoms with E-state index >= 15 is 0 Å². The van der Waals surface area contributed by atoms with Crippen LogP contribution in [0.5, 0.6) is 0 Å². The van der Waals surface area contributed by atoms with E-state index in [1.54, 1.807) is 6.07 Å². The van der Waals surface area contributed by atoms with E-state index in [0.717, 1.165) is 25.7 Å². The van der Waals surface area contributed by atoms with Crippen molar-refractivity contribution in [3.8, 4) is 0 Å². The van der Waals surface area contributed by atoms with Gasteiger partial charge >= 0.3 is 0 Å². The quantitative estimate of drug-likeness (QED) is 0.571. The third-order valence-corrected chi connectivity index (χ3v) is 4.38. The lowest BCUT2D eigenvalue weighted by molar-refractivity contribution is 0.186. The summed E-state index contributed by atoms with van der Waals surface area (Å²) in [5.74, 6) is 0.185. The molecule has 1 aromatic rings. The van der Waals surface area contributed by atoms with Crippen LogP contribution in [0.3, 0.4) is 0 Å². The molecule has 100 valence electrons. The van der Waals surface area contributed by atoms with E-state index < -0.39 is 0 Å². The van der Waals surface area contributed by atoms with Crippen molar-refractivity contribution in [2.75, 3.05) is 17.7 Å². The van der Waals surface area contributed by atoms with Crippen molar-refractivity contribution in [1.82, 2.24) is 0 Å². The Balaban J connectivity index is 2.00. The normalized spacial score (nSPS) is 23.9. The van der Waals surface area contributed by atoms with E-state index in [1.165, 1.54) is 6.07 Å².